The van der Waals surface area contributed by atoms with Crippen LogP contribution in [0.5, 0.6) is 0 Å². The molecule has 0 aromatic carbocycles. The number of nitrogens with zero attached hydrogens (tertiary/aromatic N) is 4. The second-order valence-corrected chi connectivity index (χ2v) is 8.93. The lowest BCUT2D eigenvalue weighted by atomic mass is 10.2. The Morgan fingerprint density at radius 1 is 0.750 bits per heavy atom. The van der Waals surface area contributed by atoms with Gasteiger partial charge in [0.05, 0.1) is 11.4 Å². The Hall–Kier alpha value is -3.34. The van der Waals surface area contributed by atoms with Crippen molar-refractivity contribution in [3.05, 3.63) is 133 Å². The third kappa shape index (κ3) is 12.9. The Morgan fingerprint density at radius 3 is 1.72 bits per heavy atom. The first kappa shape index (κ1) is 28.9. The fourth-order valence-corrected chi connectivity index (χ4v) is 3.76. The largest absolute Gasteiger partial charge is 0.292 e. The zero-order valence-electron chi connectivity index (χ0n) is 22.3. The van der Waals surface area contributed by atoms with E-state index in [1.165, 1.54) is 11.1 Å². The van der Waals surface area contributed by atoms with Gasteiger partial charge in [-0.15, -0.1) is 0 Å². The van der Waals surface area contributed by atoms with Gasteiger partial charge in [0.2, 0.25) is 0 Å². The lowest BCUT2D eigenvalue weighted by Crippen LogP contribution is -2.36. The van der Waals surface area contributed by atoms with E-state index < -0.39 is 0 Å². The van der Waals surface area contributed by atoms with Gasteiger partial charge in [-0.3, -0.25) is 19.8 Å². The second-order valence-electron chi connectivity index (χ2n) is 8.93. The molecule has 0 aliphatic heterocycles. The van der Waals surface area contributed by atoms with Crippen LogP contribution in [0.1, 0.15) is 38.6 Å². The lowest BCUT2D eigenvalue weighted by molar-refractivity contribution is 0.209. The molecule has 4 heteroatoms. The quantitative estimate of drug-likeness (QED) is 0.243. The minimum absolute atomic E-state index is 0.815. The highest BCUT2D eigenvalue weighted by Crippen LogP contribution is 2.10. The summed E-state index contributed by atoms with van der Waals surface area (Å²) in [6.45, 7) is 15.6. The molecule has 2 aromatic rings. The molecule has 2 rings (SSSR count). The molecule has 0 spiro atoms. The van der Waals surface area contributed by atoms with Gasteiger partial charge in [-0.25, -0.2) is 0 Å². The van der Waals surface area contributed by atoms with E-state index >= 15 is 0 Å². The zero-order valence-corrected chi connectivity index (χ0v) is 22.3. The monoisotopic (exact) mass is 482 g/mol. The van der Waals surface area contributed by atoms with Crippen molar-refractivity contribution in [3.63, 3.8) is 0 Å². The van der Waals surface area contributed by atoms with Gasteiger partial charge >= 0.3 is 0 Å². The van der Waals surface area contributed by atoms with Gasteiger partial charge in [0.15, 0.2) is 0 Å². The molecule has 0 N–H and O–H groups in total. The van der Waals surface area contributed by atoms with Gasteiger partial charge in [0.1, 0.15) is 0 Å². The van der Waals surface area contributed by atoms with E-state index in [9.17, 15) is 0 Å². The van der Waals surface area contributed by atoms with Crippen molar-refractivity contribution in [1.82, 2.24) is 19.8 Å². The minimum atomic E-state index is 0.815. The van der Waals surface area contributed by atoms with Gasteiger partial charge in [0.25, 0.3) is 0 Å². The SMILES string of the molecule is C=C/C=C\C=C(/C)CN(CCN(C/C(C)=C/C=C\C=C\CC)Cc1ccccn1)Cc1ccccn1. The van der Waals surface area contributed by atoms with Gasteiger partial charge in [-0.05, 0) is 44.5 Å². The van der Waals surface area contributed by atoms with Gasteiger partial charge in [-0.2, -0.15) is 0 Å². The van der Waals surface area contributed by atoms with E-state index in [4.69, 9.17) is 0 Å². The second kappa shape index (κ2) is 18.0. The van der Waals surface area contributed by atoms with Crippen LogP contribution >= 0.6 is 0 Å². The van der Waals surface area contributed by atoms with E-state index in [-0.39, 0.29) is 0 Å². The predicted octanol–water partition coefficient (Wildman–Crippen LogP) is 6.94. The maximum Gasteiger partial charge on any atom is 0.0544 e. The molecule has 0 bridgehead atoms. The van der Waals surface area contributed by atoms with Gasteiger partial charge in [0, 0.05) is 51.7 Å². The summed E-state index contributed by atoms with van der Waals surface area (Å²) in [5.74, 6) is 0. The predicted molar refractivity (Wildman–Crippen MR) is 154 cm³/mol. The number of pyridine rings is 2. The summed E-state index contributed by atoms with van der Waals surface area (Å²) in [7, 11) is 0. The Labute approximate surface area is 218 Å². The Balaban J connectivity index is 2.13. The van der Waals surface area contributed by atoms with E-state index in [0.29, 0.717) is 0 Å². The summed E-state index contributed by atoms with van der Waals surface area (Å²) in [5, 5.41) is 0. The number of hydrogen-bond acceptors (Lipinski definition) is 4. The van der Waals surface area contributed by atoms with Crippen LogP contribution in [0.4, 0.5) is 0 Å². The molecule has 0 unspecified atom stereocenters. The van der Waals surface area contributed by atoms with Crippen LogP contribution in [0.15, 0.2) is 121 Å². The summed E-state index contributed by atoms with van der Waals surface area (Å²) in [5.41, 5.74) is 4.81. The Kier molecular flexibility index (Phi) is 14.4. The van der Waals surface area contributed by atoms with Crippen molar-refractivity contribution in [2.75, 3.05) is 26.2 Å². The van der Waals surface area contributed by atoms with Crippen LogP contribution < -0.4 is 0 Å². The molecule has 0 aliphatic rings. The van der Waals surface area contributed by atoms with Crippen molar-refractivity contribution in [2.24, 2.45) is 0 Å². The summed E-state index contributed by atoms with van der Waals surface area (Å²) in [4.78, 5) is 14.1. The van der Waals surface area contributed by atoms with Crippen LogP contribution in [0.25, 0.3) is 0 Å². The molecule has 2 aromatic heterocycles. The first-order chi connectivity index (χ1) is 17.6. The molecule has 0 atom stereocenters. The molecule has 2 heterocycles. The maximum atomic E-state index is 4.57. The van der Waals surface area contributed by atoms with Crippen molar-refractivity contribution in [3.8, 4) is 0 Å². The average Bonchev–Trinajstić information content (AvgIpc) is 2.88. The fourth-order valence-electron chi connectivity index (χ4n) is 3.76. The zero-order chi connectivity index (χ0) is 25.8. The van der Waals surface area contributed by atoms with Crippen molar-refractivity contribution in [1.29, 1.82) is 0 Å². The highest BCUT2D eigenvalue weighted by molar-refractivity contribution is 5.17. The fraction of sp³-hybridized carbons (Fsp3) is 0.312. The van der Waals surface area contributed by atoms with Crippen molar-refractivity contribution in [2.45, 2.75) is 40.3 Å². The lowest BCUT2D eigenvalue weighted by Gasteiger charge is -2.28. The normalized spacial score (nSPS) is 13.1. The minimum Gasteiger partial charge on any atom is -0.292 e. The highest BCUT2D eigenvalue weighted by atomic mass is 15.2. The van der Waals surface area contributed by atoms with Gasteiger partial charge < -0.3 is 0 Å². The first-order valence-corrected chi connectivity index (χ1v) is 12.8. The molecular formula is C32H42N4. The average molecular weight is 483 g/mol. The van der Waals surface area contributed by atoms with E-state index in [0.717, 1.165) is 57.1 Å². The van der Waals surface area contributed by atoms with Gasteiger partial charge in [-0.1, -0.05) is 91.5 Å². The highest BCUT2D eigenvalue weighted by Gasteiger charge is 2.13. The van der Waals surface area contributed by atoms with Crippen LogP contribution in [0, 0.1) is 0 Å². The van der Waals surface area contributed by atoms with E-state index in [1.54, 1.807) is 6.08 Å². The third-order valence-electron chi connectivity index (χ3n) is 5.50. The summed E-state index contributed by atoms with van der Waals surface area (Å²) in [6.07, 6.45) is 23.5. The topological polar surface area (TPSA) is 32.3 Å². The molecule has 36 heavy (non-hydrogen) atoms. The smallest absolute Gasteiger partial charge is 0.0544 e. The molecule has 0 amide bonds. The number of hydrogen-bond donors (Lipinski definition) is 0. The molecule has 0 aliphatic carbocycles. The standard InChI is InChI=1S/C32H42N4/c1-5-7-9-10-12-18-30(4)26-36(28-32-20-14-16-22-34-32)24-23-35(25-29(3)17-11-8-6-2)27-31-19-13-15-21-33-31/h6-22H,2,5,23-28H2,1,3-4H3/b9-7+,11-8-,12-10-,29-17+,30-18+. The Bertz CT molecular complexity index is 1020. The summed E-state index contributed by atoms with van der Waals surface area (Å²) < 4.78 is 0. The first-order valence-electron chi connectivity index (χ1n) is 12.8. The van der Waals surface area contributed by atoms with Crippen molar-refractivity contribution < 1.29 is 0 Å². The summed E-state index contributed by atoms with van der Waals surface area (Å²) in [6, 6.07) is 12.3. The third-order valence-corrected chi connectivity index (χ3v) is 5.50. The molecule has 0 saturated heterocycles. The Morgan fingerprint density at radius 2 is 1.28 bits per heavy atom. The molecule has 0 saturated carbocycles. The van der Waals surface area contributed by atoms with Crippen LogP contribution in [-0.4, -0.2) is 45.9 Å². The van der Waals surface area contributed by atoms with Crippen LogP contribution in [-0.2, 0) is 13.1 Å². The molecule has 190 valence electrons. The van der Waals surface area contributed by atoms with E-state index in [2.05, 4.69) is 108 Å². The molecule has 4 nitrogen and oxygen atoms in total. The van der Waals surface area contributed by atoms with E-state index in [1.807, 2.05) is 36.7 Å². The summed E-state index contributed by atoms with van der Waals surface area (Å²) >= 11 is 0. The molecule has 0 fully saturated rings. The molecule has 0 radical (unpaired) electrons. The molecular weight excluding hydrogens is 440 g/mol. The van der Waals surface area contributed by atoms with Crippen LogP contribution in [0.2, 0.25) is 0 Å². The van der Waals surface area contributed by atoms with Crippen molar-refractivity contribution >= 4 is 0 Å². The number of rotatable bonds is 16. The maximum absolute atomic E-state index is 4.57. The number of aromatic nitrogens is 2. The van der Waals surface area contributed by atoms with Crippen LogP contribution in [0.3, 0.4) is 0 Å². The number of allylic oxidation sites excluding steroid dienone is 9.